The smallest absolute Gasteiger partial charge is 0.264 e. The topological polar surface area (TPSA) is 157 Å². The van der Waals surface area contributed by atoms with Crippen molar-refractivity contribution in [2.45, 2.75) is 57.2 Å². The average Bonchev–Trinajstić information content (AvgIpc) is 3.10. The van der Waals surface area contributed by atoms with Gasteiger partial charge in [-0.15, -0.1) is 0 Å². The minimum Gasteiger partial charge on any atom is -0.457 e. The molecule has 1 aromatic heterocycles. The van der Waals surface area contributed by atoms with E-state index < -0.39 is 5.82 Å². The summed E-state index contributed by atoms with van der Waals surface area (Å²) in [5.74, 6) is 0.203. The zero-order chi connectivity index (χ0) is 36.0. The first-order valence-electron chi connectivity index (χ1n) is 17.6. The summed E-state index contributed by atoms with van der Waals surface area (Å²) in [6.07, 6.45) is 5.94. The van der Waals surface area contributed by atoms with Gasteiger partial charge in [-0.25, -0.2) is 14.4 Å². The molecule has 12 nitrogen and oxygen atoms in total. The maximum Gasteiger partial charge on any atom is 0.264 e. The fraction of sp³-hybridized carbons (Fsp3) is 0.447. The van der Waals surface area contributed by atoms with E-state index in [1.165, 1.54) is 18.5 Å². The third-order valence-corrected chi connectivity index (χ3v) is 10.1. The van der Waals surface area contributed by atoms with Crippen molar-refractivity contribution >= 4 is 23.3 Å². The predicted octanol–water partition coefficient (Wildman–Crippen LogP) is 4.83. The lowest BCUT2D eigenvalue weighted by atomic mass is 9.94. The van der Waals surface area contributed by atoms with Gasteiger partial charge >= 0.3 is 0 Å². The Morgan fingerprint density at radius 1 is 1.14 bits per heavy atom. The molecule has 0 saturated carbocycles. The Kier molecular flexibility index (Phi) is 11.2. The van der Waals surface area contributed by atoms with Gasteiger partial charge < -0.3 is 25.4 Å². The summed E-state index contributed by atoms with van der Waals surface area (Å²) in [5, 5.41) is 22.2. The number of carbonyl (C=O) groups excluding carboxylic acids is 1. The van der Waals surface area contributed by atoms with Crippen LogP contribution in [0.5, 0.6) is 11.5 Å². The molecule has 3 saturated heterocycles. The Morgan fingerprint density at radius 3 is 2.59 bits per heavy atom. The lowest BCUT2D eigenvalue weighted by molar-refractivity contribution is -0.127. The first kappa shape index (κ1) is 35.9. The van der Waals surface area contributed by atoms with Gasteiger partial charge in [-0.05, 0) is 63.8 Å². The van der Waals surface area contributed by atoms with Gasteiger partial charge in [0.1, 0.15) is 46.9 Å². The van der Waals surface area contributed by atoms with Gasteiger partial charge in [0.2, 0.25) is 0 Å². The normalized spacial score (nSPS) is 19.2. The Labute approximate surface area is 298 Å². The van der Waals surface area contributed by atoms with Crippen LogP contribution in [0.1, 0.15) is 50.7 Å². The number of anilines is 2. The van der Waals surface area contributed by atoms with Crippen LogP contribution < -0.4 is 15.8 Å². The molecule has 0 bridgehead atoms. The number of para-hydroxylation sites is 1. The van der Waals surface area contributed by atoms with Gasteiger partial charge in [-0.3, -0.25) is 20.0 Å². The number of likely N-dealkylation sites (tertiary alicyclic amines) is 1. The van der Waals surface area contributed by atoms with Crippen LogP contribution in [-0.2, 0) is 9.53 Å². The van der Waals surface area contributed by atoms with Crippen molar-refractivity contribution in [3.63, 3.8) is 0 Å². The van der Waals surface area contributed by atoms with Crippen LogP contribution in [0.2, 0.25) is 0 Å². The first-order valence-corrected chi connectivity index (χ1v) is 17.6. The lowest BCUT2D eigenvalue weighted by Crippen LogP contribution is -2.60. The number of carbonyl (C=O) groups is 1. The summed E-state index contributed by atoms with van der Waals surface area (Å²) in [6, 6.07) is 15.8. The molecule has 3 aromatic rings. The van der Waals surface area contributed by atoms with Crippen LogP contribution in [0.25, 0.3) is 0 Å². The zero-order valence-electron chi connectivity index (χ0n) is 29.3. The number of nitrogens with two attached hydrogens (primary N) is 1. The molecule has 0 spiro atoms. The molecular weight excluding hydrogens is 649 g/mol. The van der Waals surface area contributed by atoms with E-state index in [0.717, 1.165) is 52.2 Å². The number of nitrogens with zero attached hydrogens (tertiary/aromatic N) is 6. The van der Waals surface area contributed by atoms with Crippen LogP contribution in [0.4, 0.5) is 16.0 Å². The summed E-state index contributed by atoms with van der Waals surface area (Å²) < 4.78 is 26.5. The van der Waals surface area contributed by atoms with Crippen molar-refractivity contribution in [3.8, 4) is 17.6 Å². The molecule has 1 amide bonds. The third kappa shape index (κ3) is 8.53. The number of piperazine rings is 1. The highest BCUT2D eigenvalue weighted by Gasteiger charge is 2.34. The monoisotopic (exact) mass is 695 g/mol. The number of rotatable bonds is 12. The second-order valence-corrected chi connectivity index (χ2v) is 13.9. The molecule has 13 heteroatoms. The van der Waals surface area contributed by atoms with E-state index in [9.17, 15) is 10.1 Å². The fourth-order valence-electron chi connectivity index (χ4n) is 6.95. The number of halogens is 1. The standard InChI is InChI=1S/C38H46FN9O3/c1-38(2,48-18-16-46(17-19-48)28-23-50-24-28)14-6-8-26(21-40)37(49)47-15-7-9-27(22-47)45-36-33(35(42)43-25-44-36)34(41)31-13-12-30(20-32(31)39)51-29-10-4-3-5-11-29/h3-5,8,10-13,20,25,27-28,41H,6-7,9,14-19,22-24H2,1-2H3,(H3,42,43,44,45)/b26-8+,41-34?. The second-order valence-electron chi connectivity index (χ2n) is 13.9. The zero-order valence-corrected chi connectivity index (χ0v) is 29.3. The molecule has 0 aliphatic carbocycles. The minimum absolute atomic E-state index is 0.0124. The number of amides is 1. The van der Waals surface area contributed by atoms with Crippen molar-refractivity contribution < 1.29 is 18.7 Å². The van der Waals surface area contributed by atoms with E-state index in [4.69, 9.17) is 20.6 Å². The number of allylic oxidation sites excluding steroid dienone is 1. The van der Waals surface area contributed by atoms with Gasteiger partial charge in [0.05, 0.1) is 30.5 Å². The van der Waals surface area contributed by atoms with Crippen LogP contribution >= 0.6 is 0 Å². The molecule has 1 unspecified atom stereocenters. The van der Waals surface area contributed by atoms with Crippen LogP contribution in [0.3, 0.4) is 0 Å². The van der Waals surface area contributed by atoms with Gasteiger partial charge in [-0.1, -0.05) is 24.3 Å². The van der Waals surface area contributed by atoms with Gasteiger partial charge in [0.15, 0.2) is 0 Å². The van der Waals surface area contributed by atoms with E-state index in [2.05, 4.69) is 45.0 Å². The first-order chi connectivity index (χ1) is 24.6. The fourth-order valence-corrected chi connectivity index (χ4v) is 6.95. The molecule has 51 heavy (non-hydrogen) atoms. The van der Waals surface area contributed by atoms with Crippen LogP contribution in [0, 0.1) is 22.6 Å². The number of nitrogens with one attached hydrogen (secondary N) is 2. The maximum absolute atomic E-state index is 15.4. The molecule has 2 aromatic carbocycles. The van der Waals surface area contributed by atoms with Crippen molar-refractivity contribution in [1.82, 2.24) is 24.7 Å². The molecule has 4 N–H and O–H groups in total. The molecule has 1 atom stereocenters. The molecule has 3 fully saturated rings. The third-order valence-electron chi connectivity index (χ3n) is 10.1. The molecule has 268 valence electrons. The molecular formula is C38H46FN9O3. The summed E-state index contributed by atoms with van der Waals surface area (Å²) in [4.78, 5) is 28.7. The van der Waals surface area contributed by atoms with Gasteiger partial charge in [-0.2, -0.15) is 5.26 Å². The second kappa shape index (κ2) is 16.0. The van der Waals surface area contributed by atoms with E-state index >= 15 is 4.39 Å². The number of nitriles is 1. The highest BCUT2D eigenvalue weighted by atomic mass is 19.1. The van der Waals surface area contributed by atoms with E-state index in [-0.39, 0.29) is 51.5 Å². The van der Waals surface area contributed by atoms with Crippen molar-refractivity contribution in [2.24, 2.45) is 0 Å². The highest BCUT2D eigenvalue weighted by molar-refractivity contribution is 6.16. The summed E-state index contributed by atoms with van der Waals surface area (Å²) in [7, 11) is 0. The SMILES string of the molecule is CC(C)(CC/C=C(\C#N)C(=O)N1CCCC(Nc2ncnc(N)c2C(=N)c2ccc(Oc3ccccc3)cc2F)C1)N1CCN(C2COC2)CC1. The number of piperidine rings is 1. The number of hydrogen-bond donors (Lipinski definition) is 3. The minimum atomic E-state index is -0.654. The molecule has 6 rings (SSSR count). The number of nitrogen functional groups attached to an aromatic ring is 1. The van der Waals surface area contributed by atoms with Gasteiger partial charge in [0, 0.05) is 62.5 Å². The molecule has 3 aliphatic heterocycles. The quantitative estimate of drug-likeness (QED) is 0.136. The summed E-state index contributed by atoms with van der Waals surface area (Å²) in [6.45, 7) is 11.0. The number of benzene rings is 2. The number of hydrogen-bond acceptors (Lipinski definition) is 11. The Bertz CT molecular complexity index is 1780. The highest BCUT2D eigenvalue weighted by Crippen LogP contribution is 2.29. The average molecular weight is 696 g/mol. The van der Waals surface area contributed by atoms with E-state index in [1.807, 2.05) is 18.2 Å². The van der Waals surface area contributed by atoms with E-state index in [0.29, 0.717) is 43.5 Å². The Hall–Kier alpha value is -4.90. The largest absolute Gasteiger partial charge is 0.457 e. The van der Waals surface area contributed by atoms with Gasteiger partial charge in [0.25, 0.3) is 5.91 Å². The molecule has 3 aliphatic rings. The molecule has 4 heterocycles. The maximum atomic E-state index is 15.4. The Morgan fingerprint density at radius 2 is 1.90 bits per heavy atom. The Balaban J connectivity index is 1.07. The number of aromatic nitrogens is 2. The number of ether oxygens (including phenoxy) is 2. The van der Waals surface area contributed by atoms with Crippen LogP contribution in [-0.4, -0.2) is 106 Å². The predicted molar refractivity (Wildman–Crippen MR) is 193 cm³/mol. The van der Waals surface area contributed by atoms with Crippen molar-refractivity contribution in [1.29, 1.82) is 10.7 Å². The summed E-state index contributed by atoms with van der Waals surface area (Å²) >= 11 is 0. The lowest BCUT2D eigenvalue weighted by Gasteiger charge is -2.47. The molecule has 0 radical (unpaired) electrons. The van der Waals surface area contributed by atoms with Crippen molar-refractivity contribution in [3.05, 3.63) is 83.5 Å². The van der Waals surface area contributed by atoms with Crippen molar-refractivity contribution in [2.75, 3.05) is 63.5 Å². The summed E-state index contributed by atoms with van der Waals surface area (Å²) in [5.41, 5.74) is 6.31. The van der Waals surface area contributed by atoms with Crippen LogP contribution in [0.15, 0.2) is 66.5 Å². The van der Waals surface area contributed by atoms with E-state index in [1.54, 1.807) is 29.2 Å².